The number of ether oxygens (including phenoxy) is 11. The molecule has 0 aliphatic carbocycles. The van der Waals surface area contributed by atoms with Crippen molar-refractivity contribution in [3.63, 3.8) is 0 Å². The van der Waals surface area contributed by atoms with Crippen molar-refractivity contribution in [3.8, 4) is 0 Å². The SMILES string of the molecule is CC[C@H]1OC(=O)[C@H](CO)C(OC2CC(C)(OC)C(O)C(C)O2)[C@H](C)[C@@H](OC2OC(C)CC(N(C)C)C2OCOCCOC)[C@](C)(O)C[C@@H](C)/C(=N\OCOCCOC)[C@H](C)[C@@H](O)[C@]1(C)O. The van der Waals surface area contributed by atoms with Gasteiger partial charge in [-0.3, -0.25) is 4.79 Å². The van der Waals surface area contributed by atoms with Crippen molar-refractivity contribution in [1.29, 1.82) is 0 Å². The Morgan fingerprint density at radius 2 is 1.48 bits per heavy atom. The van der Waals surface area contributed by atoms with E-state index in [1.807, 2.05) is 25.9 Å². The zero-order valence-corrected chi connectivity index (χ0v) is 41.4. The second-order valence-electron chi connectivity index (χ2n) is 18.9. The van der Waals surface area contributed by atoms with Crippen molar-refractivity contribution >= 4 is 11.7 Å². The Bertz CT molecular complexity index is 1420. The molecule has 3 aliphatic rings. The summed E-state index contributed by atoms with van der Waals surface area (Å²) in [6.07, 6.45) is -10.0. The number of carbonyl (C=O) groups is 1. The highest BCUT2D eigenvalue weighted by Gasteiger charge is 2.54. The number of hydrogen-bond acceptors (Lipinski definition) is 20. The zero-order chi connectivity index (χ0) is 48.9. The second kappa shape index (κ2) is 26.3. The summed E-state index contributed by atoms with van der Waals surface area (Å²) in [5, 5.41) is 63.8. The summed E-state index contributed by atoms with van der Waals surface area (Å²) in [6, 6.07) is -0.238. The van der Waals surface area contributed by atoms with Gasteiger partial charge in [0.2, 0.25) is 6.79 Å². The van der Waals surface area contributed by atoms with E-state index < -0.39 is 108 Å². The molecule has 3 rings (SSSR count). The Balaban J connectivity index is 2.29. The molecule has 0 radical (unpaired) electrons. The molecule has 20 nitrogen and oxygen atoms in total. The number of aliphatic hydroxyl groups excluding tert-OH is 3. The topological polar surface area (TPSA) is 245 Å². The molecule has 3 fully saturated rings. The van der Waals surface area contributed by atoms with Crippen molar-refractivity contribution in [3.05, 3.63) is 0 Å². The Labute approximate surface area is 386 Å². The van der Waals surface area contributed by atoms with Crippen molar-refractivity contribution < 1.29 is 87.3 Å². The van der Waals surface area contributed by atoms with Gasteiger partial charge in [0.25, 0.3) is 0 Å². The van der Waals surface area contributed by atoms with E-state index in [1.54, 1.807) is 62.7 Å². The van der Waals surface area contributed by atoms with Crippen LogP contribution in [0.2, 0.25) is 0 Å². The van der Waals surface area contributed by atoms with Gasteiger partial charge in [0.05, 0.1) is 80.5 Å². The van der Waals surface area contributed by atoms with Gasteiger partial charge in [-0.15, -0.1) is 0 Å². The molecule has 65 heavy (non-hydrogen) atoms. The number of esters is 1. The molecule has 3 aliphatic heterocycles. The molecule has 0 aromatic heterocycles. The van der Waals surface area contributed by atoms with E-state index in [9.17, 15) is 30.3 Å². The number of hydrogen-bond donors (Lipinski definition) is 5. The highest BCUT2D eigenvalue weighted by atomic mass is 16.8. The number of cyclic esters (lactones) is 1. The third kappa shape index (κ3) is 15.1. The van der Waals surface area contributed by atoms with Gasteiger partial charge in [-0.2, -0.15) is 0 Å². The van der Waals surface area contributed by atoms with E-state index >= 15 is 0 Å². The maximum atomic E-state index is 14.6. The fourth-order valence-electron chi connectivity index (χ4n) is 9.47. The van der Waals surface area contributed by atoms with Crippen LogP contribution in [0.1, 0.15) is 88.0 Å². The number of rotatable bonds is 20. The number of likely N-dealkylation sites (N-methyl/N-ethyl adjacent to an activating group) is 1. The Kier molecular flexibility index (Phi) is 23.3. The lowest BCUT2D eigenvalue weighted by atomic mass is 9.73. The first-order valence-electron chi connectivity index (χ1n) is 22.9. The van der Waals surface area contributed by atoms with Crippen LogP contribution in [0.4, 0.5) is 0 Å². The smallest absolute Gasteiger partial charge is 0.314 e. The minimum absolute atomic E-state index is 0.0164. The lowest BCUT2D eigenvalue weighted by molar-refractivity contribution is -0.326. The molecule has 0 spiro atoms. The molecular weight excluding hydrogens is 856 g/mol. The predicted octanol–water partition coefficient (Wildman–Crippen LogP) is 1.83. The fourth-order valence-corrected chi connectivity index (χ4v) is 9.47. The monoisotopic (exact) mass is 941 g/mol. The van der Waals surface area contributed by atoms with Crippen molar-refractivity contribution in [2.24, 2.45) is 28.8 Å². The highest BCUT2D eigenvalue weighted by molar-refractivity contribution is 5.88. The predicted molar refractivity (Wildman–Crippen MR) is 235 cm³/mol. The molecule has 18 atom stereocenters. The van der Waals surface area contributed by atoms with Crippen LogP contribution < -0.4 is 0 Å². The molecule has 9 unspecified atom stereocenters. The van der Waals surface area contributed by atoms with Crippen LogP contribution in [0.15, 0.2) is 5.16 Å². The molecule has 3 saturated heterocycles. The third-order valence-electron chi connectivity index (χ3n) is 13.4. The number of oxime groups is 1. The largest absolute Gasteiger partial charge is 0.459 e. The first-order chi connectivity index (χ1) is 30.5. The van der Waals surface area contributed by atoms with Gasteiger partial charge >= 0.3 is 5.97 Å². The molecule has 0 aromatic rings. The Morgan fingerprint density at radius 3 is 2.05 bits per heavy atom. The lowest BCUT2D eigenvalue weighted by Gasteiger charge is -2.49. The summed E-state index contributed by atoms with van der Waals surface area (Å²) in [4.78, 5) is 22.2. The van der Waals surface area contributed by atoms with Crippen molar-refractivity contribution in [2.75, 3.05) is 82.0 Å². The third-order valence-corrected chi connectivity index (χ3v) is 13.4. The van der Waals surface area contributed by atoms with Crippen LogP contribution in [-0.4, -0.2) is 208 Å². The number of nitrogens with zero attached hydrogens (tertiary/aromatic N) is 2. The molecule has 0 saturated carbocycles. The standard InChI is InChI=1S/C45H84N2O18/c1-15-33-45(9,53)38(49)28(4)35(46-60-25-58-19-17-55-13)26(2)21-43(7,52)40(65-42-37(59-24-57-18-16-54-12)32(47(10)11)20-27(3)61-42)29(5)36(31(23-48)41(51)63-33)64-34-22-44(8,56-14)39(50)30(6)62-34/h26-34,36-40,42,48-50,52-53H,15-25H2,1-14H3/b46-35+/t26-,27?,28+,29+,30?,31-,32?,33-,34?,36?,37?,38-,39?,40-,42?,43-,44?,45-/m1/s1. The summed E-state index contributed by atoms with van der Waals surface area (Å²) < 4.78 is 66.1. The van der Waals surface area contributed by atoms with E-state index in [0.29, 0.717) is 19.6 Å². The summed E-state index contributed by atoms with van der Waals surface area (Å²) in [7, 11) is 8.42. The quantitative estimate of drug-likeness (QED) is 0.0506. The Morgan fingerprint density at radius 1 is 0.846 bits per heavy atom. The average molecular weight is 941 g/mol. The first kappa shape index (κ1) is 57.6. The van der Waals surface area contributed by atoms with Gasteiger partial charge in [0.15, 0.2) is 12.6 Å². The van der Waals surface area contributed by atoms with Crippen LogP contribution in [-0.2, 0) is 61.7 Å². The normalized spacial score (nSPS) is 42.2. The molecule has 3 heterocycles. The molecule has 5 N–H and O–H groups in total. The van der Waals surface area contributed by atoms with Crippen LogP contribution in [0.5, 0.6) is 0 Å². The summed E-state index contributed by atoms with van der Waals surface area (Å²) >= 11 is 0. The highest BCUT2D eigenvalue weighted by Crippen LogP contribution is 2.41. The molecule has 382 valence electrons. The van der Waals surface area contributed by atoms with Crippen LogP contribution in [0, 0.1) is 23.7 Å². The second-order valence-corrected chi connectivity index (χ2v) is 18.9. The van der Waals surface area contributed by atoms with Crippen LogP contribution >= 0.6 is 0 Å². The summed E-state index contributed by atoms with van der Waals surface area (Å²) in [5.41, 5.74) is -4.77. The average Bonchev–Trinajstić information content (AvgIpc) is 3.24. The lowest BCUT2D eigenvalue weighted by Crippen LogP contribution is -2.62. The maximum Gasteiger partial charge on any atom is 0.314 e. The Hall–Kier alpha value is -1.70. The van der Waals surface area contributed by atoms with Crippen LogP contribution in [0.3, 0.4) is 0 Å². The molecule has 20 heteroatoms. The van der Waals surface area contributed by atoms with E-state index in [1.165, 1.54) is 14.0 Å². The van der Waals surface area contributed by atoms with E-state index in [4.69, 9.17) is 56.9 Å². The molecular formula is C45H84N2O18. The molecule has 0 bridgehead atoms. The van der Waals surface area contributed by atoms with Gasteiger partial charge < -0.3 is 87.4 Å². The summed E-state index contributed by atoms with van der Waals surface area (Å²) in [6.45, 7) is 15.1. The van der Waals surface area contributed by atoms with Gasteiger partial charge in [-0.25, -0.2) is 0 Å². The van der Waals surface area contributed by atoms with Crippen LogP contribution in [0.25, 0.3) is 0 Å². The minimum Gasteiger partial charge on any atom is -0.459 e. The number of methoxy groups -OCH3 is 3. The van der Waals surface area contributed by atoms with Gasteiger partial charge in [-0.05, 0) is 68.0 Å². The van der Waals surface area contributed by atoms with E-state index in [2.05, 4.69) is 5.16 Å². The van der Waals surface area contributed by atoms with Crippen molar-refractivity contribution in [2.45, 2.75) is 172 Å². The number of aliphatic hydroxyl groups is 5. The van der Waals surface area contributed by atoms with Gasteiger partial charge in [-0.1, -0.05) is 32.9 Å². The van der Waals surface area contributed by atoms with E-state index in [0.717, 1.165) is 0 Å². The minimum atomic E-state index is -2.06. The van der Waals surface area contributed by atoms with Gasteiger partial charge in [0.1, 0.15) is 36.6 Å². The summed E-state index contributed by atoms with van der Waals surface area (Å²) in [5.74, 6) is -5.00. The van der Waals surface area contributed by atoms with E-state index in [-0.39, 0.29) is 63.9 Å². The van der Waals surface area contributed by atoms with Gasteiger partial charge in [0, 0.05) is 51.5 Å². The number of carbonyl (C=O) groups excluding carboxylic acids is 1. The first-order valence-corrected chi connectivity index (χ1v) is 22.9. The maximum absolute atomic E-state index is 14.6. The van der Waals surface area contributed by atoms with Crippen molar-refractivity contribution in [1.82, 2.24) is 4.90 Å². The fraction of sp³-hybridized carbons (Fsp3) is 0.956. The molecule has 0 amide bonds. The molecule has 0 aromatic carbocycles. The zero-order valence-electron chi connectivity index (χ0n) is 41.4.